The molecule has 98 valence electrons. The number of hydrazine groups is 1. The van der Waals surface area contributed by atoms with Crippen LogP contribution in [0.2, 0.25) is 0 Å². The minimum absolute atomic E-state index is 0.303. The predicted molar refractivity (Wildman–Crippen MR) is 67.8 cm³/mol. The van der Waals surface area contributed by atoms with Crippen LogP contribution in [0.15, 0.2) is 12.5 Å². The van der Waals surface area contributed by atoms with Crippen LogP contribution in [0.4, 0.5) is 11.8 Å². The van der Waals surface area contributed by atoms with E-state index in [1.54, 1.807) is 12.5 Å². The van der Waals surface area contributed by atoms with Crippen molar-refractivity contribution in [3.05, 3.63) is 18.3 Å². The zero-order valence-corrected chi connectivity index (χ0v) is 10.1. The molecule has 19 heavy (non-hydrogen) atoms. The number of H-pyrrole nitrogens is 1. The first-order chi connectivity index (χ1) is 9.28. The second-order valence-corrected chi connectivity index (χ2v) is 3.88. The van der Waals surface area contributed by atoms with Gasteiger partial charge in [-0.05, 0) is 0 Å². The second-order valence-electron chi connectivity index (χ2n) is 3.88. The van der Waals surface area contributed by atoms with Gasteiger partial charge in [0, 0.05) is 7.05 Å². The van der Waals surface area contributed by atoms with E-state index >= 15 is 0 Å². The van der Waals surface area contributed by atoms with Crippen molar-refractivity contribution in [2.24, 2.45) is 12.9 Å². The van der Waals surface area contributed by atoms with E-state index in [-0.39, 0.29) is 0 Å². The molecule has 3 aromatic heterocycles. The van der Waals surface area contributed by atoms with Gasteiger partial charge in [0.25, 0.3) is 0 Å². The number of nitrogens with one attached hydrogen (secondary N) is 3. The van der Waals surface area contributed by atoms with Crippen molar-refractivity contribution in [3.63, 3.8) is 0 Å². The molecule has 10 nitrogen and oxygen atoms in total. The number of nitrogens with zero attached hydrogens (tertiary/aromatic N) is 6. The number of hydrogen-bond donors (Lipinski definition) is 4. The van der Waals surface area contributed by atoms with Gasteiger partial charge in [-0.15, -0.1) is 10.2 Å². The summed E-state index contributed by atoms with van der Waals surface area (Å²) in [5.41, 5.74) is 3.01. The molecular formula is C9H12N10. The molecule has 0 amide bonds. The fourth-order valence-corrected chi connectivity index (χ4v) is 1.66. The molecule has 3 rings (SSSR count). The van der Waals surface area contributed by atoms with Crippen LogP contribution >= 0.6 is 0 Å². The maximum Gasteiger partial charge on any atom is 0.241 e. The first-order valence-corrected chi connectivity index (χ1v) is 5.52. The summed E-state index contributed by atoms with van der Waals surface area (Å²) in [5.74, 6) is 7.04. The van der Waals surface area contributed by atoms with Crippen LogP contribution < -0.4 is 16.6 Å². The SMILES string of the molecule is Cn1cnnc1CNc1nc(NN)nc2[nH]ncc12. The molecule has 0 aliphatic carbocycles. The maximum absolute atomic E-state index is 5.33. The number of nitrogens with two attached hydrogens (primary N) is 1. The number of hydrogen-bond acceptors (Lipinski definition) is 8. The van der Waals surface area contributed by atoms with Crippen molar-refractivity contribution in [1.29, 1.82) is 0 Å². The highest BCUT2D eigenvalue weighted by atomic mass is 15.3. The molecule has 0 saturated heterocycles. The van der Waals surface area contributed by atoms with Crippen LogP contribution in [-0.4, -0.2) is 34.9 Å². The molecule has 10 heteroatoms. The van der Waals surface area contributed by atoms with Gasteiger partial charge >= 0.3 is 0 Å². The Labute approximate surface area is 107 Å². The van der Waals surface area contributed by atoms with Gasteiger partial charge < -0.3 is 9.88 Å². The van der Waals surface area contributed by atoms with E-state index in [0.29, 0.717) is 24.0 Å². The lowest BCUT2D eigenvalue weighted by Gasteiger charge is -2.07. The molecule has 0 spiro atoms. The first-order valence-electron chi connectivity index (χ1n) is 5.52. The minimum atomic E-state index is 0.303. The normalized spacial score (nSPS) is 10.8. The lowest BCUT2D eigenvalue weighted by molar-refractivity contribution is 0.810. The Bertz CT molecular complexity index is 698. The summed E-state index contributed by atoms with van der Waals surface area (Å²) in [7, 11) is 1.87. The van der Waals surface area contributed by atoms with Crippen LogP contribution in [0.1, 0.15) is 5.82 Å². The molecule has 0 bridgehead atoms. The van der Waals surface area contributed by atoms with Gasteiger partial charge in [-0.2, -0.15) is 15.1 Å². The Balaban J connectivity index is 1.91. The van der Waals surface area contributed by atoms with Crippen LogP contribution in [0.3, 0.4) is 0 Å². The summed E-state index contributed by atoms with van der Waals surface area (Å²) >= 11 is 0. The third kappa shape index (κ3) is 2.04. The monoisotopic (exact) mass is 260 g/mol. The van der Waals surface area contributed by atoms with E-state index in [2.05, 4.69) is 41.1 Å². The van der Waals surface area contributed by atoms with Gasteiger partial charge in [0.05, 0.1) is 18.1 Å². The van der Waals surface area contributed by atoms with Crippen LogP contribution in [0, 0.1) is 0 Å². The van der Waals surface area contributed by atoms with Crippen LogP contribution in [-0.2, 0) is 13.6 Å². The molecule has 0 saturated carbocycles. The summed E-state index contributed by atoms with van der Waals surface area (Å²) in [4.78, 5) is 8.38. The fraction of sp³-hybridized carbons (Fsp3) is 0.222. The van der Waals surface area contributed by atoms with Crippen LogP contribution in [0.5, 0.6) is 0 Å². The van der Waals surface area contributed by atoms with E-state index in [1.807, 2.05) is 11.6 Å². The van der Waals surface area contributed by atoms with Crippen molar-refractivity contribution in [2.45, 2.75) is 6.54 Å². The number of anilines is 2. The van der Waals surface area contributed by atoms with Crippen molar-refractivity contribution in [1.82, 2.24) is 34.9 Å². The van der Waals surface area contributed by atoms with Gasteiger partial charge in [0.2, 0.25) is 5.95 Å². The zero-order valence-electron chi connectivity index (χ0n) is 10.1. The molecule has 5 N–H and O–H groups in total. The van der Waals surface area contributed by atoms with E-state index in [9.17, 15) is 0 Å². The maximum atomic E-state index is 5.33. The molecule has 3 heterocycles. The lowest BCUT2D eigenvalue weighted by atomic mass is 10.4. The summed E-state index contributed by atoms with van der Waals surface area (Å²) in [5, 5.41) is 18.4. The topological polar surface area (TPSA) is 135 Å². The molecule has 0 aromatic carbocycles. The summed E-state index contributed by atoms with van der Waals surface area (Å²) in [6, 6.07) is 0. The number of rotatable bonds is 4. The smallest absolute Gasteiger partial charge is 0.241 e. The number of aryl methyl sites for hydroxylation is 1. The Morgan fingerprint density at radius 1 is 1.42 bits per heavy atom. The molecule has 0 fully saturated rings. The Morgan fingerprint density at radius 3 is 3.05 bits per heavy atom. The molecule has 0 atom stereocenters. The average molecular weight is 260 g/mol. The fourth-order valence-electron chi connectivity index (χ4n) is 1.66. The zero-order chi connectivity index (χ0) is 13.2. The quantitative estimate of drug-likeness (QED) is 0.360. The highest BCUT2D eigenvalue weighted by Gasteiger charge is 2.09. The third-order valence-corrected chi connectivity index (χ3v) is 2.66. The van der Waals surface area contributed by atoms with E-state index < -0.39 is 0 Å². The van der Waals surface area contributed by atoms with Crippen LogP contribution in [0.25, 0.3) is 11.0 Å². The minimum Gasteiger partial charge on any atom is -0.362 e. The van der Waals surface area contributed by atoms with Gasteiger partial charge in [-0.1, -0.05) is 0 Å². The largest absolute Gasteiger partial charge is 0.362 e. The first kappa shape index (κ1) is 11.3. The molecular weight excluding hydrogens is 248 g/mol. The molecule has 0 aliphatic rings. The Hall–Kier alpha value is -2.75. The number of aromatic amines is 1. The molecule has 0 unspecified atom stereocenters. The standard InChI is InChI=1S/C9H12N10/c1-19-4-13-17-6(19)3-11-7-5-2-12-18-8(5)15-9(14-7)16-10/h2,4H,3,10H2,1H3,(H3,11,12,14,15,16,18). The summed E-state index contributed by atoms with van der Waals surface area (Å²) < 4.78 is 1.82. The van der Waals surface area contributed by atoms with Crippen molar-refractivity contribution in [2.75, 3.05) is 10.7 Å². The highest BCUT2D eigenvalue weighted by Crippen LogP contribution is 2.19. The van der Waals surface area contributed by atoms with Gasteiger partial charge in [0.15, 0.2) is 11.5 Å². The van der Waals surface area contributed by atoms with Crippen molar-refractivity contribution in [3.8, 4) is 0 Å². The van der Waals surface area contributed by atoms with Gasteiger partial charge in [-0.3, -0.25) is 10.5 Å². The molecule has 3 aromatic rings. The van der Waals surface area contributed by atoms with E-state index in [1.165, 1.54) is 0 Å². The molecule has 0 aliphatic heterocycles. The third-order valence-electron chi connectivity index (χ3n) is 2.66. The lowest BCUT2D eigenvalue weighted by Crippen LogP contribution is -2.13. The number of fused-ring (bicyclic) bond motifs is 1. The second kappa shape index (κ2) is 4.49. The number of nitrogen functional groups attached to an aromatic ring is 1. The number of aromatic nitrogens is 7. The van der Waals surface area contributed by atoms with Crippen molar-refractivity contribution < 1.29 is 0 Å². The highest BCUT2D eigenvalue weighted by molar-refractivity contribution is 5.86. The Morgan fingerprint density at radius 2 is 2.32 bits per heavy atom. The summed E-state index contributed by atoms with van der Waals surface area (Å²) in [6.45, 7) is 0.484. The van der Waals surface area contributed by atoms with E-state index in [4.69, 9.17) is 5.84 Å². The summed E-state index contributed by atoms with van der Waals surface area (Å²) in [6.07, 6.45) is 3.28. The van der Waals surface area contributed by atoms with Crippen molar-refractivity contribution >= 4 is 22.8 Å². The van der Waals surface area contributed by atoms with Gasteiger partial charge in [0.1, 0.15) is 12.1 Å². The van der Waals surface area contributed by atoms with Gasteiger partial charge in [-0.25, -0.2) is 5.84 Å². The average Bonchev–Trinajstić information content (AvgIpc) is 3.04. The Kier molecular flexibility index (Phi) is 2.68. The molecule has 0 radical (unpaired) electrons. The van der Waals surface area contributed by atoms with E-state index in [0.717, 1.165) is 11.2 Å². The predicted octanol–water partition coefficient (Wildman–Crippen LogP) is -0.621.